The van der Waals surface area contributed by atoms with Crippen molar-refractivity contribution in [2.45, 2.75) is 19.9 Å². The monoisotopic (exact) mass is 386 g/mol. The molecule has 0 spiro atoms. The van der Waals surface area contributed by atoms with Crippen molar-refractivity contribution < 1.29 is 33.3 Å². The molecule has 5 nitrogen and oxygen atoms in total. The molecule has 0 radical (unpaired) electrons. The van der Waals surface area contributed by atoms with E-state index in [0.717, 1.165) is 11.3 Å². The van der Waals surface area contributed by atoms with Gasteiger partial charge < -0.3 is 24.0 Å². The van der Waals surface area contributed by atoms with Crippen molar-refractivity contribution in [3.8, 4) is 0 Å². The van der Waals surface area contributed by atoms with Crippen molar-refractivity contribution in [2.75, 3.05) is 7.05 Å². The lowest BCUT2D eigenvalue weighted by Crippen LogP contribution is -3.00. The van der Waals surface area contributed by atoms with Crippen molar-refractivity contribution in [3.63, 3.8) is 0 Å². The molecule has 0 fully saturated rings. The Labute approximate surface area is 135 Å². The second kappa shape index (κ2) is 6.36. The second-order valence-corrected chi connectivity index (χ2v) is 4.77. The fourth-order valence-electron chi connectivity index (χ4n) is 2.03. The summed E-state index contributed by atoms with van der Waals surface area (Å²) in [7, 11) is 1.89. The van der Waals surface area contributed by atoms with E-state index in [0.29, 0.717) is 11.5 Å². The van der Waals surface area contributed by atoms with E-state index in [9.17, 15) is 4.79 Å². The van der Waals surface area contributed by atoms with Crippen molar-refractivity contribution in [1.82, 2.24) is 5.01 Å². The maximum atomic E-state index is 11.3. The van der Waals surface area contributed by atoms with E-state index in [2.05, 4.69) is 0 Å². The first-order valence-electron chi connectivity index (χ1n) is 6.15. The average molecular weight is 386 g/mol. The van der Waals surface area contributed by atoms with Gasteiger partial charge in [-0.25, -0.2) is 0 Å². The number of halogens is 1. The zero-order valence-electron chi connectivity index (χ0n) is 11.8. The Kier molecular flexibility index (Phi) is 5.29. The first-order valence-corrected chi connectivity index (χ1v) is 6.15. The first kappa shape index (κ1) is 16.6. The van der Waals surface area contributed by atoms with E-state index in [1.807, 2.05) is 36.8 Å². The van der Waals surface area contributed by atoms with Gasteiger partial charge in [0.15, 0.2) is 5.78 Å². The molecule has 1 aliphatic heterocycles. The Morgan fingerprint density at radius 2 is 1.85 bits per heavy atom. The summed E-state index contributed by atoms with van der Waals surface area (Å²) in [4.78, 5) is 11.3. The topological polar surface area (TPSA) is 75.4 Å². The highest BCUT2D eigenvalue weighted by Crippen LogP contribution is 2.21. The van der Waals surface area contributed by atoms with Gasteiger partial charge in [-0.3, -0.25) is 15.1 Å². The minimum atomic E-state index is 0. The standard InChI is InChI=1S/C14H18N4O.HI/c1-9-8-13(18(16)14(15)17(9)3)12-6-4-11(5-7-12)10(2)19;/h4-9,15H,16H2,1-3H3;1H. The molecule has 1 unspecified atom stereocenters. The summed E-state index contributed by atoms with van der Waals surface area (Å²) >= 11 is 0. The minimum Gasteiger partial charge on any atom is -1.00 e. The highest BCUT2D eigenvalue weighted by Gasteiger charge is 2.27. The number of nitrogens with two attached hydrogens (primary N) is 2. The molecule has 0 amide bonds. The molecule has 0 bridgehead atoms. The van der Waals surface area contributed by atoms with Crippen molar-refractivity contribution in [3.05, 3.63) is 41.5 Å². The van der Waals surface area contributed by atoms with Crippen molar-refractivity contribution in [1.29, 1.82) is 0 Å². The van der Waals surface area contributed by atoms with Crippen LogP contribution in [0.5, 0.6) is 0 Å². The van der Waals surface area contributed by atoms with Gasteiger partial charge in [0, 0.05) is 11.1 Å². The van der Waals surface area contributed by atoms with Gasteiger partial charge in [-0.1, -0.05) is 24.3 Å². The number of hydrazine groups is 1. The largest absolute Gasteiger partial charge is 1.00 e. The average Bonchev–Trinajstić information content (AvgIpc) is 2.40. The number of benzene rings is 1. The molecular formula is C14H19IN4O. The van der Waals surface area contributed by atoms with E-state index in [1.54, 1.807) is 19.1 Å². The van der Waals surface area contributed by atoms with Gasteiger partial charge in [0.05, 0.1) is 13.1 Å². The molecule has 0 aliphatic carbocycles. The summed E-state index contributed by atoms with van der Waals surface area (Å²) in [6, 6.07) is 7.53. The number of likely N-dealkylation sites (N-methyl/N-ethyl adjacent to an activating group) is 1. The highest BCUT2D eigenvalue weighted by atomic mass is 127. The number of rotatable bonds is 2. The third kappa shape index (κ3) is 3.01. The van der Waals surface area contributed by atoms with Gasteiger partial charge in [0.1, 0.15) is 5.70 Å². The Bertz CT molecular complexity index is 577. The minimum absolute atomic E-state index is 0. The van der Waals surface area contributed by atoms with Gasteiger partial charge in [-0.05, 0) is 19.9 Å². The lowest BCUT2D eigenvalue weighted by molar-refractivity contribution is -0.528. The number of hydrogen-bond acceptors (Lipinski definition) is 4. The van der Waals surface area contributed by atoms with Crippen LogP contribution in [0, 0.1) is 0 Å². The van der Waals surface area contributed by atoms with Crippen LogP contribution in [0.3, 0.4) is 0 Å². The number of ketones is 1. The maximum absolute atomic E-state index is 11.3. The Morgan fingerprint density at radius 3 is 2.35 bits per heavy atom. The van der Waals surface area contributed by atoms with Crippen LogP contribution in [0.15, 0.2) is 30.3 Å². The molecule has 1 heterocycles. The lowest BCUT2D eigenvalue weighted by atomic mass is 10.0. The quantitative estimate of drug-likeness (QED) is 0.261. The summed E-state index contributed by atoms with van der Waals surface area (Å²) in [5.74, 6) is 6.55. The van der Waals surface area contributed by atoms with Crippen LogP contribution in [0.2, 0.25) is 0 Å². The third-order valence-corrected chi connectivity index (χ3v) is 3.46. The van der Waals surface area contributed by atoms with Gasteiger partial charge in [0.25, 0.3) is 0 Å². The van der Waals surface area contributed by atoms with Crippen LogP contribution in [-0.4, -0.2) is 34.4 Å². The lowest BCUT2D eigenvalue weighted by Gasteiger charge is -2.24. The van der Waals surface area contributed by atoms with Crippen LogP contribution in [0.1, 0.15) is 29.8 Å². The second-order valence-electron chi connectivity index (χ2n) is 4.77. The van der Waals surface area contributed by atoms with E-state index in [-0.39, 0.29) is 35.8 Å². The molecule has 1 atom stereocenters. The molecule has 108 valence electrons. The first-order chi connectivity index (χ1) is 8.91. The number of guanidine groups is 1. The molecule has 0 saturated carbocycles. The number of hydrogen-bond donors (Lipinski definition) is 2. The molecule has 1 aromatic rings. The zero-order valence-corrected chi connectivity index (χ0v) is 14.0. The van der Waals surface area contributed by atoms with Crippen molar-refractivity contribution in [2.24, 2.45) is 11.6 Å². The number of carbonyl (C=O) groups excluding carboxylic acids is 1. The van der Waals surface area contributed by atoms with E-state index in [4.69, 9.17) is 11.6 Å². The van der Waals surface area contributed by atoms with Crippen LogP contribution in [-0.2, 0) is 0 Å². The van der Waals surface area contributed by atoms with Gasteiger partial charge in [-0.15, -0.1) is 0 Å². The van der Waals surface area contributed by atoms with Crippen LogP contribution in [0.25, 0.3) is 5.70 Å². The highest BCUT2D eigenvalue weighted by molar-refractivity contribution is 5.94. The summed E-state index contributed by atoms with van der Waals surface area (Å²) in [6.45, 7) is 3.59. The maximum Gasteiger partial charge on any atom is 0.368 e. The molecule has 0 aromatic heterocycles. The number of Topliss-reactive ketones (excluding diaryl/α,β-unsaturated/α-hetero) is 1. The van der Waals surface area contributed by atoms with Crippen LogP contribution >= 0.6 is 0 Å². The predicted molar refractivity (Wildman–Crippen MR) is 75.3 cm³/mol. The van der Waals surface area contributed by atoms with E-state index < -0.39 is 0 Å². The van der Waals surface area contributed by atoms with Gasteiger partial charge >= 0.3 is 5.96 Å². The number of nitrogens with zero attached hydrogens (tertiary/aromatic N) is 2. The van der Waals surface area contributed by atoms with Crippen LogP contribution < -0.4 is 35.6 Å². The molecule has 6 heteroatoms. The van der Waals surface area contributed by atoms with Crippen molar-refractivity contribution >= 4 is 17.4 Å². The summed E-state index contributed by atoms with van der Waals surface area (Å²) in [5, 5.41) is 1.46. The number of carbonyl (C=O) groups is 1. The molecule has 0 saturated heterocycles. The molecule has 4 N–H and O–H groups in total. The fourth-order valence-corrected chi connectivity index (χ4v) is 2.03. The predicted octanol–water partition coefficient (Wildman–Crippen LogP) is -2.23. The third-order valence-electron chi connectivity index (χ3n) is 3.46. The van der Waals surface area contributed by atoms with Gasteiger partial charge in [0.2, 0.25) is 0 Å². The summed E-state index contributed by atoms with van der Waals surface area (Å²) in [5.41, 5.74) is 8.44. The van der Waals surface area contributed by atoms with E-state index in [1.165, 1.54) is 5.01 Å². The molecular weight excluding hydrogens is 367 g/mol. The van der Waals surface area contributed by atoms with E-state index >= 15 is 0 Å². The van der Waals surface area contributed by atoms with Gasteiger partial charge in [-0.2, -0.15) is 10.9 Å². The normalized spacial score (nSPS) is 18.5. The molecule has 1 aromatic carbocycles. The van der Waals surface area contributed by atoms with Crippen LogP contribution in [0.4, 0.5) is 0 Å². The zero-order chi connectivity index (χ0) is 14.2. The molecule has 20 heavy (non-hydrogen) atoms. The molecule has 1 aliphatic rings. The summed E-state index contributed by atoms with van der Waals surface area (Å²) < 4.78 is 1.90. The smallest absolute Gasteiger partial charge is 0.368 e. The Hall–Kier alpha value is -1.41. The Morgan fingerprint density at radius 1 is 1.30 bits per heavy atom. The summed E-state index contributed by atoms with van der Waals surface area (Å²) in [6.07, 6.45) is 2.04. The fraction of sp³-hybridized carbons (Fsp3) is 0.286. The Balaban J connectivity index is 0.00000200. The molecule has 2 rings (SSSR count). The SMILES string of the molecule is CC(=O)c1ccc(C2=CC(C)[N+](C)=C(N)N2N)cc1.[I-].